The Morgan fingerprint density at radius 2 is 1.04 bits per heavy atom. The van der Waals surface area contributed by atoms with Gasteiger partial charge in [-0.15, -0.1) is 0 Å². The molecule has 0 saturated heterocycles. The Balaban J connectivity index is 0.957. The molecule has 0 spiro atoms. The Kier molecular flexibility index (Phi) is 9.61. The molecule has 0 N–H and O–H groups in total. The molecule has 8 aromatic carbocycles. The van der Waals surface area contributed by atoms with E-state index in [0.29, 0.717) is 11.6 Å². The first-order valence-electron chi connectivity index (χ1n) is 24.1. The van der Waals surface area contributed by atoms with E-state index >= 15 is 0 Å². The number of ether oxygens (including phenoxy) is 1. The Hall–Kier alpha value is -7.47. The summed E-state index contributed by atoms with van der Waals surface area (Å²) in [5.41, 5.74) is 21.2. The van der Waals surface area contributed by atoms with E-state index in [2.05, 4.69) is 262 Å². The molecule has 5 heterocycles. The molecule has 2 aromatic heterocycles. The van der Waals surface area contributed by atoms with E-state index in [1.807, 2.05) is 12.1 Å². The zero-order valence-electron chi connectivity index (χ0n) is 40.0. The topological polar surface area (TPSA) is 38.5 Å². The van der Waals surface area contributed by atoms with Crippen molar-refractivity contribution in [1.82, 2.24) is 14.1 Å². The van der Waals surface area contributed by atoms with Gasteiger partial charge in [0.2, 0.25) is 0 Å². The van der Waals surface area contributed by atoms with Gasteiger partial charge in [0.15, 0.2) is 0 Å². The van der Waals surface area contributed by atoms with Crippen LogP contribution in [0.4, 0.5) is 22.9 Å². The van der Waals surface area contributed by atoms with Crippen molar-refractivity contribution in [3.63, 3.8) is 0 Å². The van der Waals surface area contributed by atoms with Gasteiger partial charge in [0, 0.05) is 11.3 Å². The van der Waals surface area contributed by atoms with Crippen LogP contribution in [0.3, 0.4) is 0 Å². The van der Waals surface area contributed by atoms with Gasteiger partial charge in [0.25, 0.3) is 0 Å². The molecule has 8 heteroatoms. The number of para-hydroxylation sites is 5. The third-order valence-electron chi connectivity index (χ3n) is 14.4. The SMILES string of the molecule is CC(C)(C)c1cccc(-c2cc(C(C)(C)C)cc(-c3ccccc3)c2-n2[c](=[Pt])n(-c3cccc(Oc4ccc5c(n4)N4B6c7c(cccc7-5)-c5ccccc5N6c5ccccc54)c3)c3ccccc32)c1. The van der Waals surface area contributed by atoms with Gasteiger partial charge in [0.05, 0.1) is 0 Å². The second kappa shape index (κ2) is 15.8. The molecular weight excluding hydrogens is 1040 g/mol. The molecule has 0 saturated carbocycles. The standard InChI is InChI=1S/C62H50BN5O.Pt/c1-61(2,3)42-22-16-21-41(35-42)51-37-43(62(4,5)6)36-50(40-19-8-7-9-20-40)59(51)66-39-65(53-29-12-13-30-54(53)66)44-23-17-24-45(38-44)69-57-34-33-49-48-27-18-26-47-46-25-10-11-28-52(46)67-55-31-14-15-32-56(55)68(60(49)64-57)63(67)58(47)48;/h7-38H,1-6H3;. The normalized spacial score (nSPS) is 13.3. The fraction of sp³-hybridized carbons (Fsp3) is 0.129. The summed E-state index contributed by atoms with van der Waals surface area (Å²) in [7, 11) is 0. The first-order chi connectivity index (χ1) is 33.9. The fourth-order valence-corrected chi connectivity index (χ4v) is 12.1. The van der Waals surface area contributed by atoms with Gasteiger partial charge in [0.1, 0.15) is 0 Å². The molecule has 3 aliphatic heterocycles. The monoisotopic (exact) mass is 1090 g/mol. The Labute approximate surface area is 420 Å². The number of anilines is 4. The summed E-state index contributed by atoms with van der Waals surface area (Å²) in [6.45, 7) is 13.7. The van der Waals surface area contributed by atoms with Gasteiger partial charge >= 0.3 is 352 Å². The summed E-state index contributed by atoms with van der Waals surface area (Å²) < 4.78 is 12.7. The summed E-state index contributed by atoms with van der Waals surface area (Å²) in [6.07, 6.45) is 0. The predicted octanol–water partition coefficient (Wildman–Crippen LogP) is 15.3. The molecular formula is C62H50BN5OPt. The van der Waals surface area contributed by atoms with Crippen molar-refractivity contribution >= 4 is 46.4 Å². The summed E-state index contributed by atoms with van der Waals surface area (Å²) in [5.74, 6) is 2.14. The number of hydrogen-bond acceptors (Lipinski definition) is 4. The van der Waals surface area contributed by atoms with Crippen LogP contribution in [-0.4, -0.2) is 21.1 Å². The average Bonchev–Trinajstić information content (AvgIpc) is 3.88. The second-order valence-electron chi connectivity index (χ2n) is 20.8. The number of rotatable bonds is 6. The number of hydrogen-bond donors (Lipinski definition) is 0. The number of aromatic nitrogens is 3. The van der Waals surface area contributed by atoms with Crippen LogP contribution in [0.15, 0.2) is 194 Å². The van der Waals surface area contributed by atoms with Gasteiger partial charge in [-0.25, -0.2) is 0 Å². The van der Waals surface area contributed by atoms with Crippen LogP contribution in [-0.2, 0) is 30.2 Å². The van der Waals surface area contributed by atoms with E-state index in [4.69, 9.17) is 9.72 Å². The van der Waals surface area contributed by atoms with Crippen LogP contribution in [0.5, 0.6) is 11.6 Å². The van der Waals surface area contributed by atoms with E-state index in [-0.39, 0.29) is 17.8 Å². The van der Waals surface area contributed by atoms with E-state index in [0.717, 1.165) is 43.3 Å². The molecule has 0 unspecified atom stereocenters. The maximum atomic E-state index is 6.86. The molecule has 13 rings (SSSR count). The van der Waals surface area contributed by atoms with E-state index < -0.39 is 0 Å². The zero-order chi connectivity index (χ0) is 47.6. The van der Waals surface area contributed by atoms with Crippen LogP contribution in [0.2, 0.25) is 0 Å². The zero-order valence-corrected chi connectivity index (χ0v) is 42.3. The summed E-state index contributed by atoms with van der Waals surface area (Å²) in [5, 5.41) is 0. The molecule has 10 aromatic rings. The van der Waals surface area contributed by atoms with Gasteiger partial charge in [-0.05, 0) is 17.7 Å². The molecule has 0 bridgehead atoms. The summed E-state index contributed by atoms with van der Waals surface area (Å²) in [4.78, 5) is 10.3. The van der Waals surface area contributed by atoms with Crippen molar-refractivity contribution < 1.29 is 24.1 Å². The first-order valence-corrected chi connectivity index (χ1v) is 25.3. The molecule has 0 amide bonds. The summed E-state index contributed by atoms with van der Waals surface area (Å²) in [6, 6.07) is 70.5. The van der Waals surface area contributed by atoms with Gasteiger partial charge in [-0.3, -0.25) is 0 Å². The first kappa shape index (κ1) is 42.6. The third kappa shape index (κ3) is 6.58. The molecule has 3 aliphatic rings. The number of benzene rings is 8. The average molecular weight is 1090 g/mol. The van der Waals surface area contributed by atoms with Crippen LogP contribution >= 0.6 is 0 Å². The number of fused-ring (bicyclic) bond motifs is 10. The molecule has 0 radical (unpaired) electrons. The van der Waals surface area contributed by atoms with Gasteiger partial charge in [-0.1, -0.05) is 42.5 Å². The fourth-order valence-electron chi connectivity index (χ4n) is 11.0. The van der Waals surface area contributed by atoms with Gasteiger partial charge in [-0.2, -0.15) is 0 Å². The molecule has 6 nitrogen and oxygen atoms in total. The van der Waals surface area contributed by atoms with Crippen LogP contribution in [0.25, 0.3) is 66.9 Å². The van der Waals surface area contributed by atoms with Crippen molar-refractivity contribution in [2.24, 2.45) is 0 Å². The van der Waals surface area contributed by atoms with Crippen molar-refractivity contribution in [3.8, 4) is 67.5 Å². The van der Waals surface area contributed by atoms with Crippen LogP contribution in [0.1, 0.15) is 52.7 Å². The second-order valence-corrected chi connectivity index (χ2v) is 21.8. The molecule has 0 aliphatic carbocycles. The third-order valence-corrected chi connectivity index (χ3v) is 15.4. The predicted molar refractivity (Wildman–Crippen MR) is 285 cm³/mol. The van der Waals surface area contributed by atoms with E-state index in [9.17, 15) is 0 Å². The maximum absolute atomic E-state index is 6.86. The molecule has 70 heavy (non-hydrogen) atoms. The van der Waals surface area contributed by atoms with Crippen LogP contribution < -0.4 is 19.8 Å². The van der Waals surface area contributed by atoms with Crippen LogP contribution in [0, 0.1) is 3.80 Å². The Morgan fingerprint density at radius 3 is 1.79 bits per heavy atom. The van der Waals surface area contributed by atoms with Crippen molar-refractivity contribution in [1.29, 1.82) is 0 Å². The van der Waals surface area contributed by atoms with E-state index in [1.165, 1.54) is 66.9 Å². The van der Waals surface area contributed by atoms with Crippen molar-refractivity contribution in [3.05, 3.63) is 209 Å². The molecule has 0 atom stereocenters. The van der Waals surface area contributed by atoms with Gasteiger partial charge < -0.3 is 0 Å². The quantitative estimate of drug-likeness (QED) is 0.156. The van der Waals surface area contributed by atoms with Crippen molar-refractivity contribution in [2.75, 3.05) is 9.62 Å². The Morgan fingerprint density at radius 1 is 0.457 bits per heavy atom. The number of imidazole rings is 1. The number of nitrogens with zero attached hydrogens (tertiary/aromatic N) is 5. The Bertz CT molecular complexity index is 3840. The minimum atomic E-state index is -0.0901. The molecule has 342 valence electrons. The number of pyridine rings is 1. The summed E-state index contributed by atoms with van der Waals surface area (Å²) >= 11 is 2.54. The van der Waals surface area contributed by atoms with E-state index in [1.54, 1.807) is 0 Å². The molecule has 0 fully saturated rings. The minimum absolute atomic E-state index is 0.0158. The van der Waals surface area contributed by atoms with Crippen molar-refractivity contribution in [2.45, 2.75) is 52.4 Å².